The first kappa shape index (κ1) is 9.22. The first-order valence-corrected chi connectivity index (χ1v) is 4.16. The summed E-state index contributed by atoms with van der Waals surface area (Å²) in [7, 11) is 0. The van der Waals surface area contributed by atoms with Crippen LogP contribution in [0.5, 0.6) is 0 Å². The second-order valence-electron chi connectivity index (χ2n) is 2.75. The molecule has 0 radical (unpaired) electrons. The summed E-state index contributed by atoms with van der Waals surface area (Å²) >= 11 is 0. The molecule has 1 aromatic heterocycles. The molecule has 1 atom stereocenters. The molecule has 3 N–H and O–H groups in total. The third-order valence-electron chi connectivity index (χ3n) is 1.85. The first-order valence-electron chi connectivity index (χ1n) is 4.16. The van der Waals surface area contributed by atoms with E-state index in [9.17, 15) is 0 Å². The number of aliphatic hydroxyl groups is 1. The van der Waals surface area contributed by atoms with Gasteiger partial charge in [0.15, 0.2) is 0 Å². The van der Waals surface area contributed by atoms with Crippen LogP contribution in [-0.2, 0) is 6.54 Å². The summed E-state index contributed by atoms with van der Waals surface area (Å²) in [5, 5.41) is 12.7. The van der Waals surface area contributed by atoms with E-state index in [0.717, 1.165) is 12.1 Å². The number of aliphatic hydroxyl groups excluding tert-OH is 1. The highest BCUT2D eigenvalue weighted by molar-refractivity contribution is 5.09. The minimum atomic E-state index is -0.0877. The Morgan fingerprint density at radius 2 is 2.50 bits per heavy atom. The van der Waals surface area contributed by atoms with Crippen LogP contribution in [0.2, 0.25) is 0 Å². The van der Waals surface area contributed by atoms with E-state index in [4.69, 9.17) is 10.8 Å². The lowest BCUT2D eigenvalue weighted by Crippen LogP contribution is -2.11. The summed E-state index contributed by atoms with van der Waals surface area (Å²) in [5.41, 5.74) is 6.75. The molecule has 0 bridgehead atoms. The maximum absolute atomic E-state index is 8.65. The molecule has 1 aromatic rings. The zero-order chi connectivity index (χ0) is 8.97. The van der Waals surface area contributed by atoms with Crippen molar-refractivity contribution in [3.8, 4) is 0 Å². The highest BCUT2D eigenvalue weighted by atomic mass is 16.3. The predicted octanol–water partition coefficient (Wildman–Crippen LogP) is 0.285. The van der Waals surface area contributed by atoms with Gasteiger partial charge < -0.3 is 10.8 Å². The fraction of sp³-hybridized carbons (Fsp3) is 0.625. The van der Waals surface area contributed by atoms with Gasteiger partial charge >= 0.3 is 0 Å². The molecular formula is C8H15N3O. The number of nitrogens with two attached hydrogens (primary N) is 1. The van der Waals surface area contributed by atoms with E-state index in [1.165, 1.54) is 0 Å². The topological polar surface area (TPSA) is 64.1 Å². The van der Waals surface area contributed by atoms with Crippen LogP contribution < -0.4 is 5.73 Å². The van der Waals surface area contributed by atoms with E-state index in [1.807, 2.05) is 17.8 Å². The number of hydrogen-bond acceptors (Lipinski definition) is 3. The van der Waals surface area contributed by atoms with Gasteiger partial charge in [-0.25, -0.2) is 0 Å². The van der Waals surface area contributed by atoms with Crippen molar-refractivity contribution in [2.75, 3.05) is 6.61 Å². The van der Waals surface area contributed by atoms with Crippen LogP contribution in [0.15, 0.2) is 12.4 Å². The van der Waals surface area contributed by atoms with Gasteiger partial charge in [-0.15, -0.1) is 0 Å². The molecule has 4 nitrogen and oxygen atoms in total. The van der Waals surface area contributed by atoms with Crippen molar-refractivity contribution in [2.24, 2.45) is 5.73 Å². The molecule has 12 heavy (non-hydrogen) atoms. The lowest BCUT2D eigenvalue weighted by Gasteiger charge is -2.05. The molecule has 0 amide bonds. The minimum Gasteiger partial charge on any atom is -0.396 e. The van der Waals surface area contributed by atoms with Gasteiger partial charge in [0.05, 0.1) is 6.20 Å². The van der Waals surface area contributed by atoms with Crippen molar-refractivity contribution in [2.45, 2.75) is 25.9 Å². The van der Waals surface area contributed by atoms with Gasteiger partial charge in [0, 0.05) is 31.0 Å². The fourth-order valence-corrected chi connectivity index (χ4v) is 1.05. The van der Waals surface area contributed by atoms with E-state index in [0.29, 0.717) is 6.42 Å². The molecule has 0 aliphatic heterocycles. The van der Waals surface area contributed by atoms with Gasteiger partial charge in [-0.1, -0.05) is 0 Å². The van der Waals surface area contributed by atoms with Gasteiger partial charge in [-0.2, -0.15) is 5.10 Å². The molecule has 0 unspecified atom stereocenters. The average molecular weight is 169 g/mol. The smallest absolute Gasteiger partial charge is 0.0537 e. The molecule has 4 heteroatoms. The summed E-state index contributed by atoms with van der Waals surface area (Å²) in [6.07, 6.45) is 4.26. The largest absolute Gasteiger partial charge is 0.396 e. The first-order chi connectivity index (χ1) is 5.77. The molecule has 1 rings (SSSR count). The predicted molar refractivity (Wildman–Crippen MR) is 46.5 cm³/mol. The molecule has 0 aromatic carbocycles. The third kappa shape index (κ3) is 2.06. The Balaban J connectivity index is 2.61. The van der Waals surface area contributed by atoms with E-state index in [2.05, 4.69) is 5.10 Å². The number of nitrogens with zero attached hydrogens (tertiary/aromatic N) is 2. The van der Waals surface area contributed by atoms with Crippen LogP contribution >= 0.6 is 0 Å². The Hall–Kier alpha value is -0.870. The Bertz CT molecular complexity index is 234. The van der Waals surface area contributed by atoms with Gasteiger partial charge in [0.1, 0.15) is 0 Å². The summed E-state index contributed by atoms with van der Waals surface area (Å²) in [6.45, 7) is 3.00. The third-order valence-corrected chi connectivity index (χ3v) is 1.85. The monoisotopic (exact) mass is 169 g/mol. The van der Waals surface area contributed by atoms with Gasteiger partial charge in [-0.05, 0) is 13.3 Å². The Morgan fingerprint density at radius 3 is 3.00 bits per heavy atom. The summed E-state index contributed by atoms with van der Waals surface area (Å²) in [5.74, 6) is 0. The lowest BCUT2D eigenvalue weighted by molar-refractivity contribution is 0.276. The standard InChI is InChI=1S/C8H15N3O/c1-2-11-6-7(5-10-11)8(9)3-4-12/h5-6,8,12H,2-4,9H2,1H3/t8-/m0/s1. The molecule has 0 aliphatic carbocycles. The van der Waals surface area contributed by atoms with E-state index in [-0.39, 0.29) is 12.6 Å². The minimum absolute atomic E-state index is 0.0877. The highest BCUT2D eigenvalue weighted by Gasteiger charge is 2.06. The van der Waals surface area contributed by atoms with Crippen molar-refractivity contribution in [3.63, 3.8) is 0 Å². The summed E-state index contributed by atoms with van der Waals surface area (Å²) in [4.78, 5) is 0. The van der Waals surface area contributed by atoms with Crippen molar-refractivity contribution < 1.29 is 5.11 Å². The molecular weight excluding hydrogens is 154 g/mol. The molecule has 0 saturated carbocycles. The van der Waals surface area contributed by atoms with Crippen molar-refractivity contribution in [1.29, 1.82) is 0 Å². The van der Waals surface area contributed by atoms with Crippen LogP contribution in [-0.4, -0.2) is 21.5 Å². The average Bonchev–Trinajstić information content (AvgIpc) is 2.52. The second kappa shape index (κ2) is 4.23. The summed E-state index contributed by atoms with van der Waals surface area (Å²) in [6, 6.07) is -0.0877. The molecule has 1 heterocycles. The Kier molecular flexibility index (Phi) is 3.25. The van der Waals surface area contributed by atoms with Crippen LogP contribution in [0.1, 0.15) is 24.9 Å². The fourth-order valence-electron chi connectivity index (χ4n) is 1.05. The van der Waals surface area contributed by atoms with Crippen molar-refractivity contribution in [3.05, 3.63) is 18.0 Å². The molecule has 0 aliphatic rings. The van der Waals surface area contributed by atoms with Gasteiger partial charge in [0.2, 0.25) is 0 Å². The zero-order valence-corrected chi connectivity index (χ0v) is 7.27. The number of aryl methyl sites for hydroxylation is 1. The number of rotatable bonds is 4. The zero-order valence-electron chi connectivity index (χ0n) is 7.27. The highest BCUT2D eigenvalue weighted by Crippen LogP contribution is 2.11. The molecule has 68 valence electrons. The Morgan fingerprint density at radius 1 is 1.75 bits per heavy atom. The van der Waals surface area contributed by atoms with E-state index >= 15 is 0 Å². The summed E-state index contributed by atoms with van der Waals surface area (Å²) < 4.78 is 1.83. The molecule has 0 saturated heterocycles. The maximum Gasteiger partial charge on any atom is 0.0537 e. The quantitative estimate of drug-likeness (QED) is 0.680. The van der Waals surface area contributed by atoms with E-state index < -0.39 is 0 Å². The van der Waals surface area contributed by atoms with Gasteiger partial charge in [0.25, 0.3) is 0 Å². The van der Waals surface area contributed by atoms with Crippen LogP contribution in [0.4, 0.5) is 0 Å². The normalized spacial score (nSPS) is 13.2. The molecule has 0 spiro atoms. The molecule has 0 fully saturated rings. The van der Waals surface area contributed by atoms with Crippen LogP contribution in [0.25, 0.3) is 0 Å². The van der Waals surface area contributed by atoms with Crippen molar-refractivity contribution in [1.82, 2.24) is 9.78 Å². The second-order valence-corrected chi connectivity index (χ2v) is 2.75. The maximum atomic E-state index is 8.65. The van der Waals surface area contributed by atoms with Crippen LogP contribution in [0.3, 0.4) is 0 Å². The number of aromatic nitrogens is 2. The van der Waals surface area contributed by atoms with Gasteiger partial charge in [-0.3, -0.25) is 4.68 Å². The van der Waals surface area contributed by atoms with Crippen LogP contribution in [0, 0.1) is 0 Å². The SMILES string of the molecule is CCn1cc([C@@H](N)CCO)cn1. The van der Waals surface area contributed by atoms with E-state index in [1.54, 1.807) is 6.20 Å². The van der Waals surface area contributed by atoms with Crippen molar-refractivity contribution >= 4 is 0 Å². The number of hydrogen-bond donors (Lipinski definition) is 2. The lowest BCUT2D eigenvalue weighted by atomic mass is 10.1. The Labute approximate surface area is 72.0 Å².